The smallest absolute Gasteiger partial charge is 0.320 e. The molecule has 0 aromatic heterocycles. The molecule has 0 rings (SSSR count). The van der Waals surface area contributed by atoms with Gasteiger partial charge in [0.15, 0.2) is 0 Å². The number of esters is 3. The van der Waals surface area contributed by atoms with E-state index in [4.69, 9.17) is 14.2 Å². The Morgan fingerprint density at radius 2 is 0.918 bits per heavy atom. The molecule has 298 valence electrons. The zero-order chi connectivity index (χ0) is 39.0. The van der Waals surface area contributed by atoms with Crippen LogP contribution in [0.1, 0.15) is 179 Å². The number of hydrogen-bond donors (Lipinski definition) is 0. The van der Waals surface area contributed by atoms with Gasteiger partial charge in [0, 0.05) is 13.0 Å². The monoisotopic (exact) mass is 705 g/mol. The van der Waals surface area contributed by atoms with Crippen LogP contribution in [0.5, 0.6) is 0 Å². The van der Waals surface area contributed by atoms with E-state index in [9.17, 15) is 14.4 Å². The molecule has 8 heteroatoms. The lowest BCUT2D eigenvalue weighted by Crippen LogP contribution is -2.33. The van der Waals surface area contributed by atoms with Crippen LogP contribution >= 0.6 is 0 Å². The molecule has 0 aliphatic rings. The van der Waals surface area contributed by atoms with Gasteiger partial charge in [0.1, 0.15) is 6.61 Å². The minimum atomic E-state index is -0.330. The van der Waals surface area contributed by atoms with Gasteiger partial charge in [-0.25, -0.2) is 0 Å². The Labute approximate surface area is 307 Å². The van der Waals surface area contributed by atoms with Crippen molar-refractivity contribution >= 4 is 17.9 Å². The van der Waals surface area contributed by atoms with Crippen LogP contribution < -0.4 is 0 Å². The predicted octanol–water partition coefficient (Wildman–Crippen LogP) is 11.1. The van der Waals surface area contributed by atoms with Crippen LogP contribution in [0.4, 0.5) is 0 Å². The number of allylic oxidation sites excluding steroid dienone is 2. The van der Waals surface area contributed by atoms with Gasteiger partial charge >= 0.3 is 17.9 Å². The number of rotatable bonds is 25. The minimum absolute atomic E-state index is 0.0422. The maximum Gasteiger partial charge on any atom is 0.320 e. The molecule has 0 unspecified atom stereocenters. The Kier molecular flexibility index (Phi) is 70.5. The van der Waals surface area contributed by atoms with Crippen molar-refractivity contribution in [2.24, 2.45) is 0 Å². The van der Waals surface area contributed by atoms with Gasteiger partial charge in [0.05, 0.1) is 26.3 Å². The molecule has 0 radical (unpaired) electrons. The highest BCUT2D eigenvalue weighted by atomic mass is 16.5. The molecule has 0 bridgehead atoms. The van der Waals surface area contributed by atoms with Gasteiger partial charge in [0.2, 0.25) is 0 Å². The molecule has 0 N–H and O–H groups in total. The summed E-state index contributed by atoms with van der Waals surface area (Å²) in [5.41, 5.74) is 0. The highest BCUT2D eigenvalue weighted by Crippen LogP contribution is 2.10. The largest absolute Gasteiger partial charge is 0.465 e. The molecule has 0 aliphatic heterocycles. The molecular formula is C41H88N2O6. The Hall–Kier alpha value is -1.93. The molecule has 0 heterocycles. The number of unbranched alkanes of at least 4 members (excludes halogenated alkanes) is 11. The Morgan fingerprint density at radius 1 is 0.510 bits per heavy atom. The van der Waals surface area contributed by atoms with E-state index in [0.29, 0.717) is 26.2 Å². The molecule has 0 atom stereocenters. The van der Waals surface area contributed by atoms with Crippen molar-refractivity contribution in [3.63, 3.8) is 0 Å². The van der Waals surface area contributed by atoms with E-state index in [-0.39, 0.29) is 31.0 Å². The molecule has 0 saturated carbocycles. The molecule has 0 aromatic carbocycles. The Bertz CT molecular complexity index is 641. The predicted molar refractivity (Wildman–Crippen MR) is 214 cm³/mol. The third kappa shape index (κ3) is 68.8. The van der Waals surface area contributed by atoms with E-state index in [1.54, 1.807) is 18.9 Å². The fourth-order valence-corrected chi connectivity index (χ4v) is 3.72. The summed E-state index contributed by atoms with van der Waals surface area (Å²) in [7, 11) is 5.64. The lowest BCUT2D eigenvalue weighted by atomic mass is 10.1. The van der Waals surface area contributed by atoms with Crippen LogP contribution in [0.15, 0.2) is 12.2 Å². The highest BCUT2D eigenvalue weighted by Gasteiger charge is 2.11. The fraction of sp³-hybridized carbons (Fsp3) is 0.878. The van der Waals surface area contributed by atoms with Crippen molar-refractivity contribution in [2.45, 2.75) is 179 Å². The highest BCUT2D eigenvalue weighted by molar-refractivity contribution is 5.74. The fourth-order valence-electron chi connectivity index (χ4n) is 3.72. The van der Waals surface area contributed by atoms with Crippen molar-refractivity contribution in [3.8, 4) is 0 Å². The first kappa shape index (κ1) is 59.2. The first-order chi connectivity index (χ1) is 23.7. The van der Waals surface area contributed by atoms with Crippen LogP contribution in [0.25, 0.3) is 0 Å². The average Bonchev–Trinajstić information content (AvgIpc) is 3.08. The van der Waals surface area contributed by atoms with Crippen molar-refractivity contribution in [1.82, 2.24) is 9.80 Å². The summed E-state index contributed by atoms with van der Waals surface area (Å²) in [6.45, 7) is 24.5. The maximum absolute atomic E-state index is 11.5. The zero-order valence-corrected chi connectivity index (χ0v) is 35.6. The van der Waals surface area contributed by atoms with E-state index >= 15 is 0 Å². The molecule has 0 fully saturated rings. The summed E-state index contributed by atoms with van der Waals surface area (Å²) in [4.78, 5) is 37.3. The second-order valence-corrected chi connectivity index (χ2v) is 11.3. The van der Waals surface area contributed by atoms with Crippen molar-refractivity contribution in [1.29, 1.82) is 0 Å². The number of hydrogen-bond acceptors (Lipinski definition) is 8. The normalized spacial score (nSPS) is 9.71. The van der Waals surface area contributed by atoms with Crippen molar-refractivity contribution in [3.05, 3.63) is 12.2 Å². The van der Waals surface area contributed by atoms with Gasteiger partial charge in [-0.1, -0.05) is 139 Å². The van der Waals surface area contributed by atoms with Crippen molar-refractivity contribution in [2.75, 3.05) is 60.6 Å². The first-order valence-corrected chi connectivity index (χ1v) is 20.1. The number of carbonyl (C=O) groups excluding carboxylic acids is 3. The van der Waals surface area contributed by atoms with Gasteiger partial charge in [-0.15, -0.1) is 0 Å². The zero-order valence-electron chi connectivity index (χ0n) is 35.6. The number of likely N-dealkylation sites (N-methyl/N-ethyl adjacent to an activating group) is 2. The molecule has 8 nitrogen and oxygen atoms in total. The summed E-state index contributed by atoms with van der Waals surface area (Å²) < 4.78 is 14.8. The van der Waals surface area contributed by atoms with Gasteiger partial charge in [0.25, 0.3) is 0 Å². The minimum Gasteiger partial charge on any atom is -0.465 e. The number of ether oxygens (including phenoxy) is 3. The third-order valence-electron chi connectivity index (χ3n) is 6.01. The lowest BCUT2D eigenvalue weighted by molar-refractivity contribution is -0.148. The topological polar surface area (TPSA) is 85.4 Å². The molecule has 0 spiro atoms. The van der Waals surface area contributed by atoms with Gasteiger partial charge in [-0.3, -0.25) is 19.3 Å². The maximum atomic E-state index is 11.5. The van der Waals surface area contributed by atoms with Crippen LogP contribution in [-0.2, 0) is 28.6 Å². The van der Waals surface area contributed by atoms with E-state index in [1.807, 2.05) is 67.5 Å². The molecule has 0 aromatic rings. The van der Waals surface area contributed by atoms with Crippen molar-refractivity contribution < 1.29 is 28.6 Å². The second kappa shape index (κ2) is 58.3. The Balaban J connectivity index is -0.000000163. The van der Waals surface area contributed by atoms with Crippen LogP contribution in [-0.4, -0.2) is 88.3 Å². The number of carbonyl (C=O) groups is 3. The summed E-state index contributed by atoms with van der Waals surface area (Å²) in [6, 6.07) is 0. The summed E-state index contributed by atoms with van der Waals surface area (Å²) in [5, 5.41) is 0. The third-order valence-corrected chi connectivity index (χ3v) is 6.01. The van der Waals surface area contributed by atoms with Crippen LogP contribution in [0, 0.1) is 0 Å². The van der Waals surface area contributed by atoms with Crippen LogP contribution in [0.3, 0.4) is 0 Å². The molecular weight excluding hydrogens is 616 g/mol. The van der Waals surface area contributed by atoms with Crippen LogP contribution in [0.2, 0.25) is 0 Å². The second-order valence-electron chi connectivity index (χ2n) is 11.3. The SMILES string of the molecule is CC.CC.CC.CCC.CCCCCCCC/C=C\CCCCCCCC(=O)OCCN(C)C.CCCOC(=O)CN(C)CC(=O)OCC. The van der Waals surface area contributed by atoms with Gasteiger partial charge < -0.3 is 19.1 Å². The molecule has 0 amide bonds. The summed E-state index contributed by atoms with van der Waals surface area (Å²) in [5.74, 6) is -0.689. The van der Waals surface area contributed by atoms with Gasteiger partial charge in [-0.2, -0.15) is 0 Å². The van der Waals surface area contributed by atoms with E-state index in [2.05, 4.69) is 32.9 Å². The molecule has 0 saturated heterocycles. The standard InChI is InChI=1S/C22H43NO2.C10H19NO4.C3H8.3C2H6/c1-4-5-6-7-8-9-10-11-12-13-14-15-16-17-18-19-22(24)25-21-20-23(2)3;1-4-6-15-10(13)8-11(3)7-9(12)14-5-2;1-3-2;3*1-2/h11-12H,4-10,13-21H2,1-3H3;4-8H2,1-3H3;3H2,1-2H3;3*1-2H3/b12-11-;;;;;. The van der Waals surface area contributed by atoms with Gasteiger partial charge in [-0.05, 0) is 66.6 Å². The summed E-state index contributed by atoms with van der Waals surface area (Å²) >= 11 is 0. The Morgan fingerprint density at radius 3 is 1.35 bits per heavy atom. The van der Waals surface area contributed by atoms with E-state index in [0.717, 1.165) is 25.8 Å². The molecule has 49 heavy (non-hydrogen) atoms. The lowest BCUT2D eigenvalue weighted by Gasteiger charge is -2.14. The number of nitrogens with zero attached hydrogens (tertiary/aromatic N) is 2. The molecule has 0 aliphatic carbocycles. The average molecular weight is 705 g/mol. The first-order valence-electron chi connectivity index (χ1n) is 20.1. The quantitative estimate of drug-likeness (QED) is 0.0402. The van der Waals surface area contributed by atoms with E-state index < -0.39 is 0 Å². The summed E-state index contributed by atoms with van der Waals surface area (Å²) in [6.07, 6.45) is 24.0. The van der Waals surface area contributed by atoms with E-state index in [1.165, 1.54) is 77.0 Å².